The highest BCUT2D eigenvalue weighted by Gasteiger charge is 2.11. The molecule has 0 atom stereocenters. The molecule has 0 unspecified atom stereocenters. The standard InChI is InChI=1S/C19H21N5OS/c1-14-5-3-6-15(9-14)10-18(25)21-12-17-22-23-19(24(17)2)26-13-16-7-4-8-20-11-16/h3-9,11H,10,12-13H2,1-2H3,(H,21,25). The number of benzene rings is 1. The van der Waals surface area contributed by atoms with E-state index < -0.39 is 0 Å². The van der Waals surface area contributed by atoms with E-state index in [1.807, 2.05) is 61.1 Å². The molecule has 3 rings (SSSR count). The lowest BCUT2D eigenvalue weighted by Crippen LogP contribution is -2.26. The molecule has 0 aliphatic heterocycles. The van der Waals surface area contributed by atoms with Crippen molar-refractivity contribution < 1.29 is 4.79 Å². The molecular weight excluding hydrogens is 346 g/mol. The molecule has 26 heavy (non-hydrogen) atoms. The van der Waals surface area contributed by atoms with Gasteiger partial charge in [0.25, 0.3) is 0 Å². The van der Waals surface area contributed by atoms with Crippen LogP contribution >= 0.6 is 11.8 Å². The topological polar surface area (TPSA) is 72.7 Å². The second-order valence-corrected chi connectivity index (χ2v) is 6.99. The predicted molar refractivity (Wildman–Crippen MR) is 102 cm³/mol. The largest absolute Gasteiger partial charge is 0.349 e. The summed E-state index contributed by atoms with van der Waals surface area (Å²) >= 11 is 1.60. The van der Waals surface area contributed by atoms with E-state index in [9.17, 15) is 4.79 Å². The predicted octanol–water partition coefficient (Wildman–Crippen LogP) is 2.67. The van der Waals surface area contributed by atoms with Crippen molar-refractivity contribution >= 4 is 17.7 Å². The van der Waals surface area contributed by atoms with Gasteiger partial charge in [-0.05, 0) is 24.1 Å². The molecule has 0 fully saturated rings. The highest BCUT2D eigenvalue weighted by Crippen LogP contribution is 2.20. The van der Waals surface area contributed by atoms with E-state index in [0.29, 0.717) is 13.0 Å². The number of carbonyl (C=O) groups is 1. The fourth-order valence-corrected chi connectivity index (χ4v) is 3.37. The first-order valence-electron chi connectivity index (χ1n) is 8.34. The van der Waals surface area contributed by atoms with Gasteiger partial charge in [-0.3, -0.25) is 9.78 Å². The summed E-state index contributed by atoms with van der Waals surface area (Å²) < 4.78 is 1.91. The van der Waals surface area contributed by atoms with E-state index in [2.05, 4.69) is 20.5 Å². The van der Waals surface area contributed by atoms with E-state index >= 15 is 0 Å². The molecule has 2 heterocycles. The molecular formula is C19H21N5OS. The van der Waals surface area contributed by atoms with Gasteiger partial charge >= 0.3 is 0 Å². The van der Waals surface area contributed by atoms with Gasteiger partial charge in [0.05, 0.1) is 13.0 Å². The van der Waals surface area contributed by atoms with Crippen LogP contribution in [-0.2, 0) is 30.6 Å². The van der Waals surface area contributed by atoms with E-state index in [0.717, 1.165) is 33.4 Å². The number of aryl methyl sites for hydroxylation is 1. The molecule has 0 spiro atoms. The van der Waals surface area contributed by atoms with Crippen LogP contribution in [0.4, 0.5) is 0 Å². The first-order valence-corrected chi connectivity index (χ1v) is 9.32. The number of nitrogens with zero attached hydrogens (tertiary/aromatic N) is 4. The van der Waals surface area contributed by atoms with E-state index in [1.54, 1.807) is 18.0 Å². The van der Waals surface area contributed by atoms with Crippen LogP contribution in [0.25, 0.3) is 0 Å². The molecule has 6 nitrogen and oxygen atoms in total. The maximum atomic E-state index is 12.1. The molecule has 0 aliphatic carbocycles. The third-order valence-electron chi connectivity index (χ3n) is 3.91. The Bertz CT molecular complexity index is 879. The van der Waals surface area contributed by atoms with Crippen LogP contribution in [-0.4, -0.2) is 25.7 Å². The van der Waals surface area contributed by atoms with Crippen LogP contribution in [0, 0.1) is 6.92 Å². The van der Waals surface area contributed by atoms with E-state index in [1.165, 1.54) is 0 Å². The number of thioether (sulfide) groups is 1. The third-order valence-corrected chi connectivity index (χ3v) is 5.00. The van der Waals surface area contributed by atoms with Crippen LogP contribution in [0.2, 0.25) is 0 Å². The second-order valence-electron chi connectivity index (χ2n) is 6.05. The first-order chi connectivity index (χ1) is 12.6. The maximum absolute atomic E-state index is 12.1. The number of hydrogen-bond donors (Lipinski definition) is 1. The second kappa shape index (κ2) is 8.62. The molecule has 1 amide bonds. The van der Waals surface area contributed by atoms with Crippen molar-refractivity contribution in [3.8, 4) is 0 Å². The minimum absolute atomic E-state index is 0.0248. The normalized spacial score (nSPS) is 10.7. The summed E-state index contributed by atoms with van der Waals surface area (Å²) in [5.74, 6) is 1.49. The SMILES string of the molecule is Cc1cccc(CC(=O)NCc2nnc(SCc3cccnc3)n2C)c1. The van der Waals surface area contributed by atoms with Crippen LogP contribution in [0.3, 0.4) is 0 Å². The lowest BCUT2D eigenvalue weighted by atomic mass is 10.1. The van der Waals surface area contributed by atoms with Gasteiger partial charge in [-0.15, -0.1) is 10.2 Å². The van der Waals surface area contributed by atoms with Crippen LogP contribution in [0.5, 0.6) is 0 Å². The molecule has 134 valence electrons. The Labute approximate surface area is 157 Å². The zero-order chi connectivity index (χ0) is 18.4. The Kier molecular flexibility index (Phi) is 6.01. The minimum atomic E-state index is -0.0248. The molecule has 2 aromatic heterocycles. The van der Waals surface area contributed by atoms with Gasteiger partial charge in [0.1, 0.15) is 0 Å². The first kappa shape index (κ1) is 18.1. The molecule has 7 heteroatoms. The molecule has 0 radical (unpaired) electrons. The van der Waals surface area contributed by atoms with Gasteiger partial charge in [-0.2, -0.15) is 0 Å². The van der Waals surface area contributed by atoms with E-state index in [-0.39, 0.29) is 5.91 Å². The Balaban J connectivity index is 1.52. The fraction of sp³-hybridized carbons (Fsp3) is 0.263. The number of carbonyl (C=O) groups excluding carboxylic acids is 1. The van der Waals surface area contributed by atoms with Crippen molar-refractivity contribution in [2.75, 3.05) is 0 Å². The van der Waals surface area contributed by atoms with Gasteiger partial charge in [0.2, 0.25) is 5.91 Å². The average Bonchev–Trinajstić information content (AvgIpc) is 2.99. The average molecular weight is 367 g/mol. The molecule has 0 saturated heterocycles. The summed E-state index contributed by atoms with van der Waals surface area (Å²) in [6.07, 6.45) is 3.96. The van der Waals surface area contributed by atoms with Crippen LogP contribution < -0.4 is 5.32 Å². The summed E-state index contributed by atoms with van der Waals surface area (Å²) in [5.41, 5.74) is 3.29. The van der Waals surface area contributed by atoms with E-state index in [4.69, 9.17) is 0 Å². The number of hydrogen-bond acceptors (Lipinski definition) is 5. The summed E-state index contributed by atoms with van der Waals surface area (Å²) in [5, 5.41) is 12.1. The van der Waals surface area contributed by atoms with Gasteiger partial charge in [0.15, 0.2) is 11.0 Å². The smallest absolute Gasteiger partial charge is 0.224 e. The minimum Gasteiger partial charge on any atom is -0.349 e. The Morgan fingerprint density at radius 1 is 1.19 bits per heavy atom. The highest BCUT2D eigenvalue weighted by molar-refractivity contribution is 7.98. The summed E-state index contributed by atoms with van der Waals surface area (Å²) in [7, 11) is 1.91. The monoisotopic (exact) mass is 367 g/mol. The summed E-state index contributed by atoms with van der Waals surface area (Å²) in [6.45, 7) is 2.38. The Hall–Kier alpha value is -2.67. The van der Waals surface area contributed by atoms with Crippen molar-refractivity contribution in [3.05, 3.63) is 71.3 Å². The van der Waals surface area contributed by atoms with Gasteiger partial charge in [-0.1, -0.05) is 47.7 Å². The molecule has 1 aromatic carbocycles. The molecule has 0 bridgehead atoms. The fourth-order valence-electron chi connectivity index (χ4n) is 2.50. The Morgan fingerprint density at radius 3 is 2.81 bits per heavy atom. The lowest BCUT2D eigenvalue weighted by molar-refractivity contribution is -0.120. The quantitative estimate of drug-likeness (QED) is 0.650. The van der Waals surface area contributed by atoms with Gasteiger partial charge in [-0.25, -0.2) is 0 Å². The zero-order valence-corrected chi connectivity index (χ0v) is 15.7. The summed E-state index contributed by atoms with van der Waals surface area (Å²) in [4.78, 5) is 16.3. The number of amides is 1. The van der Waals surface area contributed by atoms with Crippen LogP contribution in [0.15, 0.2) is 53.9 Å². The number of rotatable bonds is 7. The highest BCUT2D eigenvalue weighted by atomic mass is 32.2. The molecule has 0 aliphatic rings. The van der Waals surface area contributed by atoms with Crippen LogP contribution in [0.1, 0.15) is 22.5 Å². The van der Waals surface area contributed by atoms with Crippen molar-refractivity contribution in [1.82, 2.24) is 25.1 Å². The number of aromatic nitrogens is 4. The lowest BCUT2D eigenvalue weighted by Gasteiger charge is -2.06. The van der Waals surface area contributed by atoms with Crippen molar-refractivity contribution in [3.63, 3.8) is 0 Å². The molecule has 3 aromatic rings. The summed E-state index contributed by atoms with van der Waals surface area (Å²) in [6, 6.07) is 11.9. The number of nitrogens with one attached hydrogen (secondary N) is 1. The van der Waals surface area contributed by atoms with Gasteiger partial charge in [0, 0.05) is 25.2 Å². The van der Waals surface area contributed by atoms with Crippen molar-refractivity contribution in [1.29, 1.82) is 0 Å². The number of pyridine rings is 1. The van der Waals surface area contributed by atoms with Crippen molar-refractivity contribution in [2.45, 2.75) is 30.8 Å². The molecule has 1 N–H and O–H groups in total. The van der Waals surface area contributed by atoms with Gasteiger partial charge < -0.3 is 9.88 Å². The third kappa shape index (κ3) is 4.92. The maximum Gasteiger partial charge on any atom is 0.224 e. The van der Waals surface area contributed by atoms with Crippen molar-refractivity contribution in [2.24, 2.45) is 7.05 Å². The molecule has 0 saturated carbocycles. The Morgan fingerprint density at radius 2 is 2.04 bits per heavy atom. The zero-order valence-electron chi connectivity index (χ0n) is 14.8.